The number of aliphatic hydroxyl groups is 1. The molecule has 0 amide bonds. The molecule has 1 aliphatic rings. The van der Waals surface area contributed by atoms with E-state index in [0.717, 1.165) is 7.11 Å². The van der Waals surface area contributed by atoms with E-state index in [9.17, 15) is 14.4 Å². The van der Waals surface area contributed by atoms with Gasteiger partial charge in [0.2, 0.25) is 0 Å². The number of hydrogen-bond donors (Lipinski definition) is 3. The van der Waals surface area contributed by atoms with Crippen LogP contribution in [0.5, 0.6) is 5.75 Å². The van der Waals surface area contributed by atoms with Gasteiger partial charge < -0.3 is 23.6 Å². The second-order valence-electron chi connectivity index (χ2n) is 7.60. The number of esters is 1. The van der Waals surface area contributed by atoms with E-state index in [4.69, 9.17) is 23.6 Å². The van der Waals surface area contributed by atoms with Crippen molar-refractivity contribution >= 4 is 14.5 Å². The number of benzene rings is 1. The van der Waals surface area contributed by atoms with Crippen molar-refractivity contribution in [3.8, 4) is 5.75 Å². The third kappa shape index (κ3) is 8.66. The number of aromatic amines is 1. The van der Waals surface area contributed by atoms with Gasteiger partial charge in [0.15, 0.2) is 0 Å². The lowest BCUT2D eigenvalue weighted by molar-refractivity contribution is -0.149. The van der Waals surface area contributed by atoms with E-state index < -0.39 is 38.0 Å². The van der Waals surface area contributed by atoms with Gasteiger partial charge in [0.1, 0.15) is 18.0 Å². The minimum atomic E-state index is -1.68. The van der Waals surface area contributed by atoms with Crippen molar-refractivity contribution in [2.75, 3.05) is 13.7 Å². The monoisotopic (exact) mass is 497 g/mol. The molecule has 0 aliphatic carbocycles. The van der Waals surface area contributed by atoms with Crippen molar-refractivity contribution in [2.24, 2.45) is 0 Å². The molecule has 1 aliphatic heterocycles. The van der Waals surface area contributed by atoms with Crippen LogP contribution in [0, 0.1) is 0 Å². The van der Waals surface area contributed by atoms with E-state index in [1.54, 1.807) is 32.9 Å². The first-order valence-electron chi connectivity index (χ1n) is 10.9. The fraction of sp³-hybridized carbons (Fsp3) is 0.500. The molecule has 2 heterocycles. The Morgan fingerprint density at radius 3 is 2.56 bits per heavy atom. The Morgan fingerprint density at radius 2 is 1.91 bits per heavy atom. The minimum Gasteiger partial charge on any atom is -0.462 e. The number of para-hydroxylation sites is 1. The number of H-pyrrole nitrogens is 1. The Hall–Kier alpha value is -2.56. The minimum absolute atomic E-state index is 0.200. The Labute approximate surface area is 199 Å². The van der Waals surface area contributed by atoms with Gasteiger partial charge in [0.05, 0.1) is 18.8 Å². The van der Waals surface area contributed by atoms with Gasteiger partial charge >= 0.3 is 20.2 Å². The number of hydrogen-bond acceptors (Lipinski definition) is 9. The molecule has 2 unspecified atom stereocenters. The Kier molecular flexibility index (Phi) is 11.4. The van der Waals surface area contributed by atoms with Crippen molar-refractivity contribution in [1.29, 1.82) is 0 Å². The summed E-state index contributed by atoms with van der Waals surface area (Å²) >= 11 is 0. The Morgan fingerprint density at radius 1 is 1.21 bits per heavy atom. The molecule has 1 aromatic heterocycles. The number of aliphatic hydroxyl groups excluding tert-OH is 1. The molecule has 1 fully saturated rings. The van der Waals surface area contributed by atoms with Crippen LogP contribution in [-0.2, 0) is 18.8 Å². The van der Waals surface area contributed by atoms with Crippen molar-refractivity contribution in [3.63, 3.8) is 0 Å². The molecule has 2 aromatic rings. The topological polar surface area (TPSA) is 141 Å². The second-order valence-corrected chi connectivity index (χ2v) is 8.81. The van der Waals surface area contributed by atoms with Gasteiger partial charge in [0, 0.05) is 19.4 Å². The number of ether oxygens (including phenoxy) is 2. The molecule has 11 nitrogen and oxygen atoms in total. The maximum absolute atomic E-state index is 12.2. The molecule has 0 radical (unpaired) electrons. The van der Waals surface area contributed by atoms with E-state index in [1.807, 2.05) is 18.2 Å². The number of rotatable bonds is 10. The standard InChI is InChI=1S/C21H28N3O7P.CH4O/c1-14(2)29-20(26)15(3)23-32(31-16-7-5-4-6-8-16)28-13-17-9-10-19(30-17)24-12-11-18(25)22-21(24)27;1-2/h4-8,11-12,14-15,17,19,23H,9-10,13H2,1-3H3,(H,22,25,27);2H,1H3/t15-,17+,19?,32?;/m1./s1. The number of nitrogens with one attached hydrogen (secondary N) is 2. The molecule has 0 bridgehead atoms. The average Bonchev–Trinajstić information content (AvgIpc) is 3.27. The van der Waals surface area contributed by atoms with Gasteiger partial charge in [0.25, 0.3) is 5.56 Å². The van der Waals surface area contributed by atoms with Crippen molar-refractivity contribution in [2.45, 2.75) is 58.1 Å². The van der Waals surface area contributed by atoms with E-state index in [2.05, 4.69) is 10.1 Å². The summed E-state index contributed by atoms with van der Waals surface area (Å²) in [5.74, 6) is 0.197. The molecule has 1 aromatic carbocycles. The lowest BCUT2D eigenvalue weighted by Crippen LogP contribution is -2.35. The summed E-state index contributed by atoms with van der Waals surface area (Å²) in [5, 5.41) is 10.0. The Bertz CT molecular complexity index is 997. The highest BCUT2D eigenvalue weighted by Gasteiger charge is 2.30. The molecule has 0 spiro atoms. The third-order valence-corrected chi connectivity index (χ3v) is 5.92. The summed E-state index contributed by atoms with van der Waals surface area (Å²) in [5.41, 5.74) is -0.970. The van der Waals surface area contributed by atoms with Crippen molar-refractivity contribution < 1.29 is 28.4 Å². The lowest BCUT2D eigenvalue weighted by Gasteiger charge is -2.23. The Balaban J connectivity index is 0.00000199. The normalized spacial score (nSPS) is 19.1. The highest BCUT2D eigenvalue weighted by Crippen LogP contribution is 2.38. The molecule has 1 saturated heterocycles. The molecule has 34 heavy (non-hydrogen) atoms. The number of nitrogens with zero attached hydrogens (tertiary/aromatic N) is 1. The average molecular weight is 497 g/mol. The molecule has 188 valence electrons. The third-order valence-electron chi connectivity index (χ3n) is 4.56. The van der Waals surface area contributed by atoms with Crippen LogP contribution in [0.25, 0.3) is 0 Å². The highest BCUT2D eigenvalue weighted by atomic mass is 31.2. The molecule has 12 heteroatoms. The van der Waals surface area contributed by atoms with Crippen LogP contribution in [0.15, 0.2) is 52.2 Å². The smallest absolute Gasteiger partial charge is 0.330 e. The zero-order valence-corrected chi connectivity index (χ0v) is 20.6. The zero-order chi connectivity index (χ0) is 25.1. The summed E-state index contributed by atoms with van der Waals surface area (Å²) < 4.78 is 24.4. The largest absolute Gasteiger partial charge is 0.462 e. The fourth-order valence-corrected chi connectivity index (χ4v) is 4.25. The maximum atomic E-state index is 12.2. The van der Waals surface area contributed by atoms with Crippen LogP contribution in [0.1, 0.15) is 39.8 Å². The van der Waals surface area contributed by atoms with Crippen LogP contribution in [0.4, 0.5) is 0 Å². The molecular weight excluding hydrogens is 465 g/mol. The first-order valence-corrected chi connectivity index (χ1v) is 12.0. The number of aromatic nitrogens is 2. The summed E-state index contributed by atoms with van der Waals surface area (Å²) in [7, 11) is -0.676. The SMILES string of the molecule is CC(C)OC(=O)[C@@H](C)NP(OC[C@@H]1CCC(n2ccc(=O)[nH]c2=O)O1)Oc1ccccc1.CO. The van der Waals surface area contributed by atoms with Gasteiger partial charge in [-0.15, -0.1) is 0 Å². The predicted octanol–water partition coefficient (Wildman–Crippen LogP) is 2.07. The number of carbonyl (C=O) groups is 1. The van der Waals surface area contributed by atoms with Crippen LogP contribution < -0.4 is 20.9 Å². The highest BCUT2D eigenvalue weighted by molar-refractivity contribution is 7.45. The van der Waals surface area contributed by atoms with Gasteiger partial charge in [-0.25, -0.2) is 9.88 Å². The van der Waals surface area contributed by atoms with E-state index in [0.29, 0.717) is 18.6 Å². The lowest BCUT2D eigenvalue weighted by atomic mass is 10.2. The fourth-order valence-electron chi connectivity index (χ4n) is 3.03. The zero-order valence-electron chi connectivity index (χ0n) is 19.7. The second kappa shape index (κ2) is 14.0. The van der Waals surface area contributed by atoms with Crippen LogP contribution >= 0.6 is 8.53 Å². The van der Waals surface area contributed by atoms with Gasteiger partial charge in [-0.3, -0.25) is 19.1 Å². The number of carbonyl (C=O) groups excluding carboxylic acids is 1. The maximum Gasteiger partial charge on any atom is 0.330 e. The van der Waals surface area contributed by atoms with E-state index in [-0.39, 0.29) is 18.8 Å². The molecule has 4 atom stereocenters. The van der Waals surface area contributed by atoms with Gasteiger partial charge in [-0.05, 0) is 45.7 Å². The first kappa shape index (κ1) is 27.7. The molecule has 0 saturated carbocycles. The van der Waals surface area contributed by atoms with Crippen LogP contribution in [-0.4, -0.2) is 52.6 Å². The quantitative estimate of drug-likeness (QED) is 0.332. The van der Waals surface area contributed by atoms with Gasteiger partial charge in [-0.2, -0.15) is 0 Å². The van der Waals surface area contributed by atoms with E-state index >= 15 is 0 Å². The van der Waals surface area contributed by atoms with Crippen LogP contribution in [0.2, 0.25) is 0 Å². The van der Waals surface area contributed by atoms with E-state index in [1.165, 1.54) is 16.8 Å². The van der Waals surface area contributed by atoms with Gasteiger partial charge in [-0.1, -0.05) is 18.2 Å². The van der Waals surface area contributed by atoms with Crippen LogP contribution in [0.3, 0.4) is 0 Å². The summed E-state index contributed by atoms with van der Waals surface area (Å²) in [6, 6.07) is 9.78. The summed E-state index contributed by atoms with van der Waals surface area (Å²) in [4.78, 5) is 37.7. The molecule has 3 rings (SSSR count). The summed E-state index contributed by atoms with van der Waals surface area (Å²) in [6.07, 6.45) is 1.70. The predicted molar refractivity (Wildman–Crippen MR) is 126 cm³/mol. The summed E-state index contributed by atoms with van der Waals surface area (Å²) in [6.45, 7) is 5.45. The van der Waals surface area contributed by atoms with Crippen molar-refractivity contribution in [1.82, 2.24) is 14.6 Å². The molecular formula is C22H32N3O8P. The first-order chi connectivity index (χ1) is 16.3. The van der Waals surface area contributed by atoms with Crippen molar-refractivity contribution in [3.05, 3.63) is 63.4 Å². The molecule has 3 N–H and O–H groups in total.